The monoisotopic (exact) mass is 277 g/mol. The lowest BCUT2D eigenvalue weighted by Crippen LogP contribution is -2.33. The summed E-state index contributed by atoms with van der Waals surface area (Å²) in [6.45, 7) is 3.96. The van der Waals surface area contributed by atoms with Crippen LogP contribution in [0.4, 0.5) is 0 Å². The Labute approximate surface area is 107 Å². The Bertz CT molecular complexity index is 435. The van der Waals surface area contributed by atoms with Gasteiger partial charge in [-0.3, -0.25) is 0 Å². The molecule has 1 aromatic rings. The predicted octanol–water partition coefficient (Wildman–Crippen LogP) is 1.75. The number of aliphatic hydroxyl groups is 1. The van der Waals surface area contributed by atoms with Crippen molar-refractivity contribution in [3.63, 3.8) is 0 Å². The first kappa shape index (κ1) is 14.6. The average Bonchev–Trinajstić information content (AvgIpc) is 2.76. The van der Waals surface area contributed by atoms with Crippen LogP contribution < -0.4 is 4.72 Å². The number of nitrogens with one attached hydrogen (secondary N) is 1. The molecule has 6 heteroatoms. The number of aliphatic hydroxyl groups excluding tert-OH is 1. The van der Waals surface area contributed by atoms with E-state index in [2.05, 4.69) is 4.72 Å². The van der Waals surface area contributed by atoms with Gasteiger partial charge in [0.1, 0.15) is 4.21 Å². The van der Waals surface area contributed by atoms with Gasteiger partial charge < -0.3 is 5.11 Å². The van der Waals surface area contributed by atoms with Crippen molar-refractivity contribution in [1.82, 2.24) is 4.72 Å². The molecule has 0 amide bonds. The van der Waals surface area contributed by atoms with Gasteiger partial charge in [-0.2, -0.15) is 0 Å². The summed E-state index contributed by atoms with van der Waals surface area (Å²) in [4.78, 5) is 0.887. The maximum Gasteiger partial charge on any atom is 0.250 e. The van der Waals surface area contributed by atoms with Gasteiger partial charge in [-0.25, -0.2) is 13.1 Å². The summed E-state index contributed by atoms with van der Waals surface area (Å²) in [6, 6.07) is 3.34. The molecule has 1 aromatic heterocycles. The number of thiophene rings is 1. The van der Waals surface area contributed by atoms with Gasteiger partial charge in [0.2, 0.25) is 10.0 Å². The normalized spacial score (nSPS) is 12.2. The zero-order chi connectivity index (χ0) is 12.9. The minimum atomic E-state index is -3.39. The van der Waals surface area contributed by atoms with Crippen LogP contribution in [0.1, 0.15) is 31.6 Å². The topological polar surface area (TPSA) is 66.4 Å². The van der Waals surface area contributed by atoms with Gasteiger partial charge in [0, 0.05) is 23.9 Å². The third kappa shape index (κ3) is 4.06. The van der Waals surface area contributed by atoms with E-state index < -0.39 is 10.0 Å². The largest absolute Gasteiger partial charge is 0.396 e. The summed E-state index contributed by atoms with van der Waals surface area (Å²) >= 11 is 1.22. The number of sulfonamides is 1. The third-order valence-electron chi connectivity index (χ3n) is 2.57. The molecule has 0 radical (unpaired) electrons. The SMILES string of the molecule is CCC(CC)NS(=O)(=O)c1ccc(CCO)s1. The van der Waals surface area contributed by atoms with Crippen LogP contribution in [0.3, 0.4) is 0 Å². The summed E-state index contributed by atoms with van der Waals surface area (Å²) in [5, 5.41) is 8.79. The van der Waals surface area contributed by atoms with Crippen molar-refractivity contribution in [1.29, 1.82) is 0 Å². The van der Waals surface area contributed by atoms with Crippen LogP contribution in [0.5, 0.6) is 0 Å². The molecule has 0 bridgehead atoms. The van der Waals surface area contributed by atoms with E-state index in [-0.39, 0.29) is 12.6 Å². The second kappa shape index (κ2) is 6.49. The van der Waals surface area contributed by atoms with Crippen molar-refractivity contribution < 1.29 is 13.5 Å². The molecule has 0 spiro atoms. The van der Waals surface area contributed by atoms with Crippen LogP contribution >= 0.6 is 11.3 Å². The number of hydrogen-bond donors (Lipinski definition) is 2. The average molecular weight is 277 g/mol. The zero-order valence-corrected chi connectivity index (χ0v) is 11.8. The van der Waals surface area contributed by atoms with Crippen molar-refractivity contribution in [2.24, 2.45) is 0 Å². The Kier molecular flexibility index (Phi) is 5.58. The van der Waals surface area contributed by atoms with E-state index >= 15 is 0 Å². The molecule has 0 aliphatic heterocycles. The lowest BCUT2D eigenvalue weighted by molar-refractivity contribution is 0.300. The molecule has 0 aliphatic rings. The second-order valence-electron chi connectivity index (χ2n) is 3.83. The molecule has 0 saturated carbocycles. The lowest BCUT2D eigenvalue weighted by Gasteiger charge is -2.13. The fourth-order valence-electron chi connectivity index (χ4n) is 1.48. The molecule has 0 fully saturated rings. The molecule has 0 atom stereocenters. The molecular weight excluding hydrogens is 258 g/mol. The van der Waals surface area contributed by atoms with Crippen LogP contribution in [0, 0.1) is 0 Å². The van der Waals surface area contributed by atoms with Crippen molar-refractivity contribution >= 4 is 21.4 Å². The van der Waals surface area contributed by atoms with Gasteiger partial charge in [0.05, 0.1) is 0 Å². The first-order valence-corrected chi connectivity index (χ1v) is 8.05. The summed E-state index contributed by atoms with van der Waals surface area (Å²) in [7, 11) is -3.39. The van der Waals surface area contributed by atoms with E-state index in [1.807, 2.05) is 13.8 Å². The van der Waals surface area contributed by atoms with Gasteiger partial charge in [-0.15, -0.1) is 11.3 Å². The zero-order valence-electron chi connectivity index (χ0n) is 10.1. The smallest absolute Gasteiger partial charge is 0.250 e. The molecule has 1 rings (SSSR count). The molecule has 17 heavy (non-hydrogen) atoms. The van der Waals surface area contributed by atoms with Gasteiger partial charge in [-0.05, 0) is 25.0 Å². The summed E-state index contributed by atoms with van der Waals surface area (Å²) in [5.41, 5.74) is 0. The van der Waals surface area contributed by atoms with Crippen LogP contribution in [0.15, 0.2) is 16.3 Å². The highest BCUT2D eigenvalue weighted by Crippen LogP contribution is 2.22. The Hall–Kier alpha value is -0.430. The summed E-state index contributed by atoms with van der Waals surface area (Å²) in [5.74, 6) is 0. The maximum absolute atomic E-state index is 12.0. The van der Waals surface area contributed by atoms with E-state index in [0.717, 1.165) is 17.7 Å². The number of hydrogen-bond acceptors (Lipinski definition) is 4. The number of rotatable bonds is 7. The van der Waals surface area contributed by atoms with Crippen molar-refractivity contribution in [2.45, 2.75) is 43.4 Å². The quantitative estimate of drug-likeness (QED) is 0.798. The van der Waals surface area contributed by atoms with E-state index in [0.29, 0.717) is 10.6 Å². The van der Waals surface area contributed by atoms with Crippen molar-refractivity contribution in [2.75, 3.05) is 6.61 Å². The standard InChI is InChI=1S/C11H19NO3S2/c1-3-9(4-2)12-17(14,15)11-6-5-10(16-11)7-8-13/h5-6,9,12-13H,3-4,7-8H2,1-2H3. The molecule has 2 N–H and O–H groups in total. The first-order valence-electron chi connectivity index (χ1n) is 5.75. The molecular formula is C11H19NO3S2. The van der Waals surface area contributed by atoms with E-state index in [1.54, 1.807) is 12.1 Å². The van der Waals surface area contributed by atoms with Gasteiger partial charge in [0.15, 0.2) is 0 Å². The van der Waals surface area contributed by atoms with Crippen LogP contribution in [0.25, 0.3) is 0 Å². The highest BCUT2D eigenvalue weighted by Gasteiger charge is 2.19. The fourth-order valence-corrected chi connectivity index (χ4v) is 4.24. The third-order valence-corrected chi connectivity index (χ3v) is 5.72. The minimum absolute atomic E-state index is 0.0107. The van der Waals surface area contributed by atoms with E-state index in [9.17, 15) is 8.42 Å². The molecule has 0 aromatic carbocycles. The first-order chi connectivity index (χ1) is 8.03. The predicted molar refractivity (Wildman–Crippen MR) is 69.8 cm³/mol. The Balaban J connectivity index is 2.81. The highest BCUT2D eigenvalue weighted by molar-refractivity contribution is 7.91. The van der Waals surface area contributed by atoms with Crippen LogP contribution in [-0.4, -0.2) is 26.2 Å². The fraction of sp³-hybridized carbons (Fsp3) is 0.636. The summed E-state index contributed by atoms with van der Waals surface area (Å²) in [6.07, 6.45) is 2.07. The van der Waals surface area contributed by atoms with Crippen molar-refractivity contribution in [3.05, 3.63) is 17.0 Å². The maximum atomic E-state index is 12.0. The molecule has 0 aliphatic carbocycles. The molecule has 0 saturated heterocycles. The second-order valence-corrected chi connectivity index (χ2v) is 6.94. The van der Waals surface area contributed by atoms with Gasteiger partial charge >= 0.3 is 0 Å². The molecule has 0 unspecified atom stereocenters. The molecule has 1 heterocycles. The van der Waals surface area contributed by atoms with E-state index in [1.165, 1.54) is 11.3 Å². The van der Waals surface area contributed by atoms with Gasteiger partial charge in [0.25, 0.3) is 0 Å². The Morgan fingerprint density at radius 2 is 2.00 bits per heavy atom. The van der Waals surface area contributed by atoms with Gasteiger partial charge in [-0.1, -0.05) is 13.8 Å². The highest BCUT2D eigenvalue weighted by atomic mass is 32.2. The lowest BCUT2D eigenvalue weighted by atomic mass is 10.2. The Morgan fingerprint density at radius 1 is 1.35 bits per heavy atom. The Morgan fingerprint density at radius 3 is 2.53 bits per heavy atom. The molecule has 4 nitrogen and oxygen atoms in total. The molecule has 98 valence electrons. The minimum Gasteiger partial charge on any atom is -0.396 e. The van der Waals surface area contributed by atoms with Crippen LogP contribution in [-0.2, 0) is 16.4 Å². The summed E-state index contributed by atoms with van der Waals surface area (Å²) < 4.78 is 27.0. The van der Waals surface area contributed by atoms with Crippen LogP contribution in [0.2, 0.25) is 0 Å². The van der Waals surface area contributed by atoms with Crippen molar-refractivity contribution in [3.8, 4) is 0 Å². The van der Waals surface area contributed by atoms with E-state index in [4.69, 9.17) is 5.11 Å².